The lowest BCUT2D eigenvalue weighted by molar-refractivity contribution is 1.18. The molecule has 0 aliphatic rings. The number of aryl methyl sites for hydroxylation is 4. The Hall–Kier alpha value is -1.96. The topological polar surface area (TPSA) is 25.2 Å². The van der Waals surface area contributed by atoms with Crippen LogP contribution in [0.25, 0.3) is 0 Å². The van der Waals surface area contributed by atoms with Crippen LogP contribution in [0.3, 0.4) is 0 Å². The van der Waals surface area contributed by atoms with Crippen LogP contribution in [-0.4, -0.2) is 11.2 Å². The quantitative estimate of drug-likeness (QED) is 0.724. The standard InChI is InChI=1S/C16H18N2/c1-11-8-12(2)16(13(3)9-11)17-10-15-7-5-6-14(4)18-15/h5-10H,1-4H3. The van der Waals surface area contributed by atoms with Crippen LogP contribution in [0.4, 0.5) is 5.69 Å². The van der Waals surface area contributed by atoms with Crippen molar-refractivity contribution < 1.29 is 0 Å². The van der Waals surface area contributed by atoms with Gasteiger partial charge in [0.25, 0.3) is 0 Å². The van der Waals surface area contributed by atoms with E-state index in [4.69, 9.17) is 0 Å². The molecule has 1 heterocycles. The molecule has 92 valence electrons. The zero-order chi connectivity index (χ0) is 13.1. The fourth-order valence-electron chi connectivity index (χ4n) is 2.14. The number of pyridine rings is 1. The number of aromatic nitrogens is 1. The van der Waals surface area contributed by atoms with E-state index in [0.29, 0.717) is 0 Å². The molecule has 2 heteroatoms. The molecule has 0 saturated carbocycles. The lowest BCUT2D eigenvalue weighted by Crippen LogP contribution is -1.90. The maximum Gasteiger partial charge on any atom is 0.0815 e. The largest absolute Gasteiger partial charge is 0.254 e. The third kappa shape index (κ3) is 2.83. The van der Waals surface area contributed by atoms with Crippen molar-refractivity contribution in [3.05, 3.63) is 58.4 Å². The molecule has 1 aromatic carbocycles. The smallest absolute Gasteiger partial charge is 0.0815 e. The molecule has 0 aliphatic heterocycles. The molecule has 0 atom stereocenters. The van der Waals surface area contributed by atoms with Gasteiger partial charge in [-0.2, -0.15) is 0 Å². The molecular weight excluding hydrogens is 220 g/mol. The minimum Gasteiger partial charge on any atom is -0.254 e. The molecule has 0 radical (unpaired) electrons. The average Bonchev–Trinajstić information content (AvgIpc) is 2.27. The lowest BCUT2D eigenvalue weighted by Gasteiger charge is -2.06. The zero-order valence-electron chi connectivity index (χ0n) is 11.4. The highest BCUT2D eigenvalue weighted by Crippen LogP contribution is 2.24. The Kier molecular flexibility index (Phi) is 3.56. The van der Waals surface area contributed by atoms with E-state index in [1.807, 2.05) is 31.3 Å². The van der Waals surface area contributed by atoms with E-state index in [0.717, 1.165) is 17.1 Å². The highest BCUT2D eigenvalue weighted by atomic mass is 14.8. The van der Waals surface area contributed by atoms with Crippen molar-refractivity contribution in [2.45, 2.75) is 27.7 Å². The summed E-state index contributed by atoms with van der Waals surface area (Å²) in [5.41, 5.74) is 6.64. The summed E-state index contributed by atoms with van der Waals surface area (Å²) in [4.78, 5) is 8.99. The molecule has 0 fully saturated rings. The number of benzene rings is 1. The van der Waals surface area contributed by atoms with Gasteiger partial charge in [0.15, 0.2) is 0 Å². The molecular formula is C16H18N2. The van der Waals surface area contributed by atoms with E-state index in [2.05, 4.69) is 42.9 Å². The maximum atomic E-state index is 4.57. The van der Waals surface area contributed by atoms with Gasteiger partial charge in [0, 0.05) is 5.69 Å². The van der Waals surface area contributed by atoms with Crippen LogP contribution in [0.5, 0.6) is 0 Å². The van der Waals surface area contributed by atoms with Crippen LogP contribution in [0.15, 0.2) is 35.3 Å². The highest BCUT2D eigenvalue weighted by Gasteiger charge is 2.01. The van der Waals surface area contributed by atoms with Gasteiger partial charge < -0.3 is 0 Å². The normalized spacial score (nSPS) is 11.1. The monoisotopic (exact) mass is 238 g/mol. The van der Waals surface area contributed by atoms with Crippen LogP contribution in [-0.2, 0) is 0 Å². The average molecular weight is 238 g/mol. The predicted molar refractivity (Wildman–Crippen MR) is 76.9 cm³/mol. The van der Waals surface area contributed by atoms with Crippen LogP contribution in [0, 0.1) is 27.7 Å². The summed E-state index contributed by atoms with van der Waals surface area (Å²) in [6.07, 6.45) is 1.83. The van der Waals surface area contributed by atoms with Crippen molar-refractivity contribution in [1.29, 1.82) is 0 Å². The summed E-state index contributed by atoms with van der Waals surface area (Å²) in [5, 5.41) is 0. The second-order valence-corrected chi connectivity index (χ2v) is 4.71. The molecule has 0 unspecified atom stereocenters. The lowest BCUT2D eigenvalue weighted by atomic mass is 10.1. The molecule has 0 amide bonds. The summed E-state index contributed by atoms with van der Waals surface area (Å²) >= 11 is 0. The zero-order valence-corrected chi connectivity index (χ0v) is 11.4. The second-order valence-electron chi connectivity index (χ2n) is 4.71. The molecule has 2 aromatic rings. The van der Waals surface area contributed by atoms with Crippen LogP contribution in [0.1, 0.15) is 28.1 Å². The van der Waals surface area contributed by atoms with Crippen molar-refractivity contribution in [3.63, 3.8) is 0 Å². The van der Waals surface area contributed by atoms with Crippen LogP contribution >= 0.6 is 0 Å². The SMILES string of the molecule is Cc1cc(C)c(N=Cc2cccc(C)n2)c(C)c1. The minimum atomic E-state index is 0.898. The third-order valence-corrected chi connectivity index (χ3v) is 2.87. The molecule has 0 N–H and O–H groups in total. The fraction of sp³-hybridized carbons (Fsp3) is 0.250. The predicted octanol–water partition coefficient (Wildman–Crippen LogP) is 4.07. The molecule has 2 nitrogen and oxygen atoms in total. The Balaban J connectivity index is 2.35. The van der Waals surface area contributed by atoms with Gasteiger partial charge in [0.05, 0.1) is 17.6 Å². The molecule has 0 bridgehead atoms. The van der Waals surface area contributed by atoms with E-state index in [9.17, 15) is 0 Å². The molecule has 2 rings (SSSR count). The van der Waals surface area contributed by atoms with Gasteiger partial charge in [0.1, 0.15) is 0 Å². The van der Waals surface area contributed by atoms with Crippen LogP contribution in [0.2, 0.25) is 0 Å². The van der Waals surface area contributed by atoms with Crippen molar-refractivity contribution in [1.82, 2.24) is 4.98 Å². The van der Waals surface area contributed by atoms with Gasteiger partial charge in [-0.3, -0.25) is 9.98 Å². The summed E-state index contributed by atoms with van der Waals surface area (Å²) < 4.78 is 0. The van der Waals surface area contributed by atoms with Gasteiger partial charge in [0.2, 0.25) is 0 Å². The fourth-order valence-corrected chi connectivity index (χ4v) is 2.14. The minimum absolute atomic E-state index is 0.898. The van der Waals surface area contributed by atoms with E-state index in [-0.39, 0.29) is 0 Å². The first-order valence-electron chi connectivity index (χ1n) is 6.12. The molecule has 0 aliphatic carbocycles. The first-order chi connectivity index (χ1) is 8.56. The Labute approximate surface area is 108 Å². The summed E-state index contributed by atoms with van der Waals surface area (Å²) in [6, 6.07) is 10.3. The summed E-state index contributed by atoms with van der Waals surface area (Å²) in [7, 11) is 0. The molecule has 18 heavy (non-hydrogen) atoms. The Morgan fingerprint density at radius 3 is 2.28 bits per heavy atom. The summed E-state index contributed by atoms with van der Waals surface area (Å²) in [5.74, 6) is 0. The Bertz CT molecular complexity index is 575. The van der Waals surface area contributed by atoms with Gasteiger partial charge in [-0.15, -0.1) is 0 Å². The third-order valence-electron chi connectivity index (χ3n) is 2.87. The van der Waals surface area contributed by atoms with Gasteiger partial charge in [-0.25, -0.2) is 0 Å². The Morgan fingerprint density at radius 1 is 1.00 bits per heavy atom. The van der Waals surface area contributed by atoms with E-state index in [1.54, 1.807) is 0 Å². The summed E-state index contributed by atoms with van der Waals surface area (Å²) in [6.45, 7) is 8.28. The van der Waals surface area contributed by atoms with Gasteiger partial charge >= 0.3 is 0 Å². The van der Waals surface area contributed by atoms with Crippen molar-refractivity contribution in [2.75, 3.05) is 0 Å². The molecule has 0 spiro atoms. The molecule has 0 saturated heterocycles. The van der Waals surface area contributed by atoms with Crippen molar-refractivity contribution in [2.24, 2.45) is 4.99 Å². The maximum absolute atomic E-state index is 4.57. The number of nitrogens with zero attached hydrogens (tertiary/aromatic N) is 2. The number of aliphatic imine (C=N–C) groups is 1. The van der Waals surface area contributed by atoms with E-state index in [1.165, 1.54) is 16.7 Å². The highest BCUT2D eigenvalue weighted by molar-refractivity contribution is 5.80. The van der Waals surface area contributed by atoms with Gasteiger partial charge in [-0.1, -0.05) is 23.8 Å². The first-order valence-corrected chi connectivity index (χ1v) is 6.12. The van der Waals surface area contributed by atoms with Crippen molar-refractivity contribution >= 4 is 11.9 Å². The van der Waals surface area contributed by atoms with Crippen molar-refractivity contribution in [3.8, 4) is 0 Å². The van der Waals surface area contributed by atoms with Gasteiger partial charge in [-0.05, 0) is 51.0 Å². The Morgan fingerprint density at radius 2 is 1.67 bits per heavy atom. The number of hydrogen-bond acceptors (Lipinski definition) is 2. The first kappa shape index (κ1) is 12.5. The number of hydrogen-bond donors (Lipinski definition) is 0. The second kappa shape index (κ2) is 5.13. The molecule has 1 aromatic heterocycles. The number of rotatable bonds is 2. The van der Waals surface area contributed by atoms with Crippen LogP contribution < -0.4 is 0 Å². The van der Waals surface area contributed by atoms with E-state index >= 15 is 0 Å². The van der Waals surface area contributed by atoms with E-state index < -0.39 is 0 Å².